The summed E-state index contributed by atoms with van der Waals surface area (Å²) in [5.74, 6) is -1.86. The lowest BCUT2D eigenvalue weighted by Gasteiger charge is -2.34. The molecule has 0 radical (unpaired) electrons. The average Bonchev–Trinajstić information content (AvgIpc) is 3.17. The van der Waals surface area contributed by atoms with Gasteiger partial charge in [0.25, 0.3) is 0 Å². The number of hydrogen-bond donors (Lipinski definition) is 0. The van der Waals surface area contributed by atoms with Gasteiger partial charge in [-0.1, -0.05) is 144 Å². The molecule has 0 amide bonds. The molecule has 0 heterocycles. The summed E-state index contributed by atoms with van der Waals surface area (Å²) in [6.07, 6.45) is 50.5. The van der Waals surface area contributed by atoms with E-state index in [0.29, 0.717) is 12.8 Å². The molecule has 2 unspecified atom stereocenters. The maximum absolute atomic E-state index is 12.7. The molecule has 0 aromatic rings. The van der Waals surface area contributed by atoms with Gasteiger partial charge in [0.1, 0.15) is 12.6 Å². The van der Waals surface area contributed by atoms with Gasteiger partial charge in [-0.2, -0.15) is 0 Å². The number of carbonyl (C=O) groups is 3. The first kappa shape index (κ1) is 53.5. The third-order valence-corrected chi connectivity index (χ3v) is 9.28. The Kier molecular flexibility index (Phi) is 36.9. The highest BCUT2D eigenvalue weighted by Gasteiger charge is 2.25. The molecule has 0 aliphatic rings. The third-order valence-electron chi connectivity index (χ3n) is 9.28. The van der Waals surface area contributed by atoms with Gasteiger partial charge in [0.05, 0.1) is 40.3 Å². The summed E-state index contributed by atoms with van der Waals surface area (Å²) in [7, 11) is 5.37. The van der Waals surface area contributed by atoms with Crippen LogP contribution >= 0.6 is 0 Å². The first-order valence-electron chi connectivity index (χ1n) is 22.1. The number of nitrogens with zero attached hydrogens (tertiary/aromatic N) is 1. The molecule has 0 saturated heterocycles. The van der Waals surface area contributed by atoms with E-state index in [1.807, 2.05) is 12.2 Å². The van der Waals surface area contributed by atoms with Crippen LogP contribution in [0.4, 0.5) is 0 Å². The number of likely N-dealkylation sites (N-methyl/N-ethyl adjacent to an activating group) is 1. The minimum atomic E-state index is -1.14. The second-order valence-electron chi connectivity index (χ2n) is 15.5. The lowest BCUT2D eigenvalue weighted by atomic mass is 10.1. The van der Waals surface area contributed by atoms with Crippen molar-refractivity contribution in [1.82, 2.24) is 0 Å². The van der Waals surface area contributed by atoms with Crippen LogP contribution in [0.1, 0.15) is 155 Å². The van der Waals surface area contributed by atoms with Crippen molar-refractivity contribution in [1.29, 1.82) is 0 Å². The summed E-state index contributed by atoms with van der Waals surface area (Å²) in [4.78, 5) is 36.8. The van der Waals surface area contributed by atoms with Gasteiger partial charge in [-0.3, -0.25) is 9.59 Å². The zero-order valence-electron chi connectivity index (χ0n) is 36.7. The van der Waals surface area contributed by atoms with Gasteiger partial charge < -0.3 is 28.6 Å². The molecule has 0 aliphatic carbocycles. The minimum absolute atomic E-state index is 0.00956. The molecule has 0 aromatic carbocycles. The Morgan fingerprint density at radius 1 is 0.544 bits per heavy atom. The van der Waals surface area contributed by atoms with Gasteiger partial charge in [-0.15, -0.1) is 0 Å². The van der Waals surface area contributed by atoms with Crippen molar-refractivity contribution in [3.8, 4) is 0 Å². The van der Waals surface area contributed by atoms with Crippen LogP contribution in [0.25, 0.3) is 0 Å². The zero-order chi connectivity index (χ0) is 42.1. The summed E-state index contributed by atoms with van der Waals surface area (Å²) < 4.78 is 17.1. The molecule has 8 nitrogen and oxygen atoms in total. The molecule has 0 N–H and O–H groups in total. The van der Waals surface area contributed by atoms with Crippen molar-refractivity contribution in [2.75, 3.05) is 41.0 Å². The molecule has 0 aliphatic heterocycles. The molecule has 0 bridgehead atoms. The Morgan fingerprint density at radius 3 is 1.53 bits per heavy atom. The largest absolute Gasteiger partial charge is 0.544 e. The molecule has 8 heteroatoms. The fourth-order valence-electron chi connectivity index (χ4n) is 5.85. The molecule has 2 atom stereocenters. The highest BCUT2D eigenvalue weighted by molar-refractivity contribution is 5.70. The van der Waals surface area contributed by atoms with Crippen LogP contribution in [0.15, 0.2) is 85.1 Å². The fraction of sp³-hybridized carbons (Fsp3) is 0.653. The van der Waals surface area contributed by atoms with E-state index in [9.17, 15) is 19.5 Å². The quantitative estimate of drug-likeness (QED) is 0.0265. The van der Waals surface area contributed by atoms with E-state index in [-0.39, 0.29) is 49.1 Å². The van der Waals surface area contributed by atoms with Crippen LogP contribution in [0, 0.1) is 0 Å². The van der Waals surface area contributed by atoms with Crippen LogP contribution < -0.4 is 5.11 Å². The molecule has 57 heavy (non-hydrogen) atoms. The number of rotatable bonds is 38. The van der Waals surface area contributed by atoms with E-state index < -0.39 is 18.1 Å². The Labute approximate surface area is 348 Å². The summed E-state index contributed by atoms with van der Waals surface area (Å²) in [5, 5.41) is 11.6. The lowest BCUT2D eigenvalue weighted by Crippen LogP contribution is -2.55. The van der Waals surface area contributed by atoms with Gasteiger partial charge in [0.2, 0.25) is 0 Å². The molecular formula is C49H81NO7. The van der Waals surface area contributed by atoms with Crippen molar-refractivity contribution in [2.24, 2.45) is 0 Å². The third kappa shape index (κ3) is 37.8. The molecule has 0 aromatic heterocycles. The van der Waals surface area contributed by atoms with Crippen LogP contribution in [0.3, 0.4) is 0 Å². The monoisotopic (exact) mass is 796 g/mol. The molecular weight excluding hydrogens is 715 g/mol. The lowest BCUT2D eigenvalue weighted by molar-refractivity contribution is -0.889. The minimum Gasteiger partial charge on any atom is -0.544 e. The van der Waals surface area contributed by atoms with Crippen LogP contribution in [-0.2, 0) is 28.6 Å². The molecule has 0 saturated carbocycles. The van der Waals surface area contributed by atoms with E-state index in [0.717, 1.165) is 70.6 Å². The molecule has 324 valence electrons. The second-order valence-corrected chi connectivity index (χ2v) is 15.5. The second kappa shape index (κ2) is 39.3. The predicted octanol–water partition coefficient (Wildman–Crippen LogP) is 10.8. The molecule has 0 rings (SSSR count). The predicted molar refractivity (Wildman–Crippen MR) is 235 cm³/mol. The van der Waals surface area contributed by atoms with E-state index in [1.165, 1.54) is 44.9 Å². The first-order chi connectivity index (χ1) is 27.6. The maximum Gasteiger partial charge on any atom is 0.306 e. The topological polar surface area (TPSA) is 102 Å². The average molecular weight is 796 g/mol. The summed E-state index contributed by atoms with van der Waals surface area (Å²) in [6, 6.07) is -0.742. The number of carboxylic acids is 1. The van der Waals surface area contributed by atoms with E-state index in [1.54, 1.807) is 21.1 Å². The number of ether oxygens (including phenoxy) is 3. The highest BCUT2D eigenvalue weighted by atomic mass is 16.6. The fourth-order valence-corrected chi connectivity index (χ4v) is 5.85. The van der Waals surface area contributed by atoms with Gasteiger partial charge in [0.15, 0.2) is 6.10 Å². The van der Waals surface area contributed by atoms with Crippen LogP contribution in [0.5, 0.6) is 0 Å². The molecule has 0 spiro atoms. The van der Waals surface area contributed by atoms with Crippen LogP contribution in [-0.4, -0.2) is 75.5 Å². The Hall–Kier alpha value is -3.49. The van der Waals surface area contributed by atoms with Crippen molar-refractivity contribution in [2.45, 2.75) is 167 Å². The van der Waals surface area contributed by atoms with Crippen molar-refractivity contribution in [3.05, 3.63) is 85.1 Å². The van der Waals surface area contributed by atoms with E-state index in [4.69, 9.17) is 14.2 Å². The number of carboxylic acid groups (broad SMARTS) is 1. The number of carbonyl (C=O) groups excluding carboxylic acids is 3. The highest BCUT2D eigenvalue weighted by Crippen LogP contribution is 2.12. The summed E-state index contributed by atoms with van der Waals surface area (Å²) in [6.45, 7) is 4.42. The van der Waals surface area contributed by atoms with E-state index in [2.05, 4.69) is 86.8 Å². The Bertz CT molecular complexity index is 1200. The number of unbranched alkanes of at least 4 members (excludes halogenated alkanes) is 10. The number of esters is 2. The van der Waals surface area contributed by atoms with Gasteiger partial charge in [-0.05, 0) is 77.0 Å². The van der Waals surface area contributed by atoms with Crippen LogP contribution in [0.2, 0.25) is 0 Å². The van der Waals surface area contributed by atoms with Crippen molar-refractivity contribution < 1.29 is 38.2 Å². The van der Waals surface area contributed by atoms with E-state index >= 15 is 0 Å². The SMILES string of the molecule is CC/C=C/C/C=C/C/C=C/C/C=C/C/C=C/CCC(=O)OCC(COCCC(C(=O)[O-])[N+](C)(C)C)OC(=O)CCCCCCCCC/C=C/C/C=C/CCCCC. The summed E-state index contributed by atoms with van der Waals surface area (Å²) in [5.41, 5.74) is 0. The number of hydrogen-bond acceptors (Lipinski definition) is 7. The Morgan fingerprint density at radius 2 is 1.02 bits per heavy atom. The van der Waals surface area contributed by atoms with Gasteiger partial charge in [0, 0.05) is 19.3 Å². The first-order valence-corrected chi connectivity index (χ1v) is 22.1. The standard InChI is InChI=1S/C49H81NO7/c1-6-8-10-12-14-16-18-20-22-24-26-28-30-32-34-36-38-40-48(52)57-45(43-55-42-41-46(49(53)54)50(3,4)5)44-56-47(51)39-37-35-33-31-29-27-25-23-21-19-17-15-13-11-9-7-2/h9,11,14-17,20-23,27,29,33,35,45-46H,6-8,10,12-13,18-19,24-26,28,30-32,34,36-44H2,1-5H3/b11-9+,16-14+,17-15+,22-20+,23-21+,29-27+,35-33+. The normalized spacial score (nSPS) is 13.8. The van der Waals surface area contributed by atoms with Gasteiger partial charge >= 0.3 is 11.9 Å². The summed E-state index contributed by atoms with van der Waals surface area (Å²) >= 11 is 0. The van der Waals surface area contributed by atoms with Crippen molar-refractivity contribution >= 4 is 17.9 Å². The smallest absolute Gasteiger partial charge is 0.306 e. The number of aliphatic carboxylic acids is 1. The molecule has 0 fully saturated rings. The Balaban J connectivity index is 4.48. The zero-order valence-corrected chi connectivity index (χ0v) is 36.7. The number of quaternary nitrogens is 1. The number of allylic oxidation sites excluding steroid dienone is 14. The van der Waals surface area contributed by atoms with Gasteiger partial charge in [-0.25, -0.2) is 0 Å². The van der Waals surface area contributed by atoms with Crippen molar-refractivity contribution in [3.63, 3.8) is 0 Å². The maximum atomic E-state index is 12.7.